The van der Waals surface area contributed by atoms with E-state index in [2.05, 4.69) is 17.6 Å². The molecule has 1 aromatic heterocycles. The summed E-state index contributed by atoms with van der Waals surface area (Å²) in [5, 5.41) is 10.9. The fourth-order valence-corrected chi connectivity index (χ4v) is 2.13. The van der Waals surface area contributed by atoms with Crippen LogP contribution in [-0.4, -0.2) is 27.6 Å². The average molecular weight is 274 g/mol. The second-order valence-corrected chi connectivity index (χ2v) is 4.78. The lowest BCUT2D eigenvalue weighted by Gasteiger charge is -2.14. The number of halogens is 1. The Hall–Kier alpha value is -1.34. The summed E-state index contributed by atoms with van der Waals surface area (Å²) >= 11 is 9.83. The van der Waals surface area contributed by atoms with Crippen molar-refractivity contribution in [3.05, 3.63) is 27.4 Å². The summed E-state index contributed by atoms with van der Waals surface area (Å²) < 4.78 is 0. The molecule has 0 bridgehead atoms. The maximum absolute atomic E-state index is 11.6. The Morgan fingerprint density at radius 1 is 1.65 bits per heavy atom. The van der Waals surface area contributed by atoms with Gasteiger partial charge in [-0.15, -0.1) is 0 Å². The van der Waals surface area contributed by atoms with Gasteiger partial charge in [0.25, 0.3) is 0 Å². The van der Waals surface area contributed by atoms with Crippen molar-refractivity contribution in [1.29, 1.82) is 0 Å². The summed E-state index contributed by atoms with van der Waals surface area (Å²) in [6.07, 6.45) is 1.54. The summed E-state index contributed by atoms with van der Waals surface area (Å²) in [5.74, 6) is -0.191. The zero-order valence-corrected chi connectivity index (χ0v) is 10.2. The number of aromatic nitrogens is 1. The molecule has 1 amide bonds. The maximum Gasteiger partial charge on any atom is 0.313 e. The number of amides is 1. The first-order valence-corrected chi connectivity index (χ1v) is 5.67. The molecule has 90 valence electrons. The second-order valence-electron chi connectivity index (χ2n) is 3.62. The van der Waals surface area contributed by atoms with Gasteiger partial charge < -0.3 is 0 Å². The minimum absolute atomic E-state index is 0.0287. The van der Waals surface area contributed by atoms with E-state index in [-0.39, 0.29) is 34.1 Å². The zero-order chi connectivity index (χ0) is 12.6. The molecule has 8 heteroatoms. The van der Waals surface area contributed by atoms with Crippen LogP contribution >= 0.6 is 24.2 Å². The number of pyridine rings is 1. The molecule has 17 heavy (non-hydrogen) atoms. The second kappa shape index (κ2) is 4.50. The van der Waals surface area contributed by atoms with E-state index in [9.17, 15) is 14.9 Å². The van der Waals surface area contributed by atoms with Crippen LogP contribution in [0.4, 0.5) is 11.5 Å². The van der Waals surface area contributed by atoms with E-state index in [4.69, 9.17) is 11.6 Å². The molecule has 2 heterocycles. The lowest BCUT2D eigenvalue weighted by Crippen LogP contribution is -2.26. The third-order valence-electron chi connectivity index (χ3n) is 2.37. The van der Waals surface area contributed by atoms with Crippen LogP contribution in [0.25, 0.3) is 0 Å². The maximum atomic E-state index is 11.6. The molecule has 0 aromatic carbocycles. The van der Waals surface area contributed by atoms with Crippen LogP contribution in [0, 0.1) is 10.1 Å². The predicted octanol–water partition coefficient (Wildman–Crippen LogP) is 1.68. The van der Waals surface area contributed by atoms with Crippen LogP contribution in [-0.2, 0) is 4.79 Å². The van der Waals surface area contributed by atoms with E-state index in [0.717, 1.165) is 0 Å². The highest BCUT2D eigenvalue weighted by atomic mass is 35.5. The molecule has 1 aromatic rings. The van der Waals surface area contributed by atoms with Gasteiger partial charge in [0.2, 0.25) is 11.7 Å². The molecule has 6 nitrogen and oxygen atoms in total. The number of nitrogens with zero attached hydrogens (tertiary/aromatic N) is 3. The number of hydrogen-bond donors (Lipinski definition) is 1. The summed E-state index contributed by atoms with van der Waals surface area (Å²) in [5.41, 5.74) is -0.270. The van der Waals surface area contributed by atoms with Gasteiger partial charge in [0.15, 0.2) is 0 Å². The van der Waals surface area contributed by atoms with Gasteiger partial charge >= 0.3 is 5.69 Å². The SMILES string of the molecule is O=C1CC(S)CN1c1ncc(Cl)cc1[N+](=O)[O-]. The highest BCUT2D eigenvalue weighted by Gasteiger charge is 2.33. The van der Waals surface area contributed by atoms with E-state index in [0.29, 0.717) is 6.54 Å². The van der Waals surface area contributed by atoms with E-state index >= 15 is 0 Å². The van der Waals surface area contributed by atoms with E-state index < -0.39 is 4.92 Å². The zero-order valence-electron chi connectivity index (χ0n) is 8.54. The number of rotatable bonds is 2. The highest BCUT2D eigenvalue weighted by molar-refractivity contribution is 7.81. The first-order valence-electron chi connectivity index (χ1n) is 4.77. The van der Waals surface area contributed by atoms with Crippen LogP contribution in [0.3, 0.4) is 0 Å². The van der Waals surface area contributed by atoms with Crippen LogP contribution in [0.5, 0.6) is 0 Å². The van der Waals surface area contributed by atoms with Gasteiger partial charge in [-0.1, -0.05) is 11.6 Å². The smallest absolute Gasteiger partial charge is 0.290 e. The van der Waals surface area contributed by atoms with Crippen molar-refractivity contribution in [2.45, 2.75) is 11.7 Å². The lowest BCUT2D eigenvalue weighted by molar-refractivity contribution is -0.384. The van der Waals surface area contributed by atoms with Gasteiger partial charge in [-0.2, -0.15) is 12.6 Å². The van der Waals surface area contributed by atoms with Gasteiger partial charge in [0.1, 0.15) is 0 Å². The number of nitro groups is 1. The number of carbonyl (C=O) groups is 1. The van der Waals surface area contributed by atoms with Gasteiger partial charge in [-0.3, -0.25) is 19.8 Å². The molecule has 1 aliphatic heterocycles. The number of carbonyl (C=O) groups excluding carboxylic acids is 1. The van der Waals surface area contributed by atoms with Gasteiger partial charge in [0, 0.05) is 30.5 Å². The molecule has 0 aliphatic carbocycles. The quantitative estimate of drug-likeness (QED) is 0.505. The van der Waals surface area contributed by atoms with Crippen molar-refractivity contribution in [3.63, 3.8) is 0 Å². The summed E-state index contributed by atoms with van der Waals surface area (Å²) in [6.45, 7) is 0.317. The van der Waals surface area contributed by atoms with Crippen LogP contribution < -0.4 is 4.90 Å². The Morgan fingerprint density at radius 2 is 2.35 bits per heavy atom. The molecule has 1 fully saturated rings. The van der Waals surface area contributed by atoms with Crippen LogP contribution in [0.2, 0.25) is 5.02 Å². The lowest BCUT2D eigenvalue weighted by atomic mass is 10.3. The van der Waals surface area contributed by atoms with E-state index in [1.165, 1.54) is 17.2 Å². The van der Waals surface area contributed by atoms with E-state index in [1.807, 2.05) is 0 Å². The van der Waals surface area contributed by atoms with Crippen LogP contribution in [0.1, 0.15) is 6.42 Å². The Labute approximate surface area is 107 Å². The first-order chi connectivity index (χ1) is 7.99. The number of thiol groups is 1. The summed E-state index contributed by atoms with van der Waals surface area (Å²) in [7, 11) is 0. The van der Waals surface area contributed by atoms with Gasteiger partial charge in [-0.05, 0) is 0 Å². The minimum atomic E-state index is -0.604. The largest absolute Gasteiger partial charge is 0.313 e. The van der Waals surface area contributed by atoms with Crippen molar-refractivity contribution in [3.8, 4) is 0 Å². The Bertz CT molecular complexity index is 496. The molecule has 1 atom stereocenters. The normalized spacial score (nSPS) is 19.8. The minimum Gasteiger partial charge on any atom is -0.290 e. The summed E-state index contributed by atoms with van der Waals surface area (Å²) in [4.78, 5) is 27.0. The van der Waals surface area contributed by atoms with Crippen LogP contribution in [0.15, 0.2) is 12.3 Å². The van der Waals surface area contributed by atoms with Crippen molar-refractivity contribution in [2.75, 3.05) is 11.4 Å². The third kappa shape index (κ3) is 2.34. The van der Waals surface area contributed by atoms with E-state index in [1.54, 1.807) is 0 Å². The predicted molar refractivity (Wildman–Crippen MR) is 65.6 cm³/mol. The van der Waals surface area contributed by atoms with Gasteiger partial charge in [0.05, 0.1) is 9.95 Å². The Balaban J connectivity index is 2.45. The summed E-state index contributed by atoms with van der Waals surface area (Å²) in [6, 6.07) is 1.18. The molecule has 1 aliphatic rings. The molecule has 2 rings (SSSR count). The molecular formula is C9H8ClN3O3S. The molecule has 0 spiro atoms. The van der Waals surface area contributed by atoms with Crippen molar-refractivity contribution in [1.82, 2.24) is 4.98 Å². The highest BCUT2D eigenvalue weighted by Crippen LogP contribution is 2.31. The monoisotopic (exact) mass is 273 g/mol. The Morgan fingerprint density at radius 3 is 2.88 bits per heavy atom. The van der Waals surface area contributed by atoms with Crippen molar-refractivity contribution < 1.29 is 9.72 Å². The van der Waals surface area contributed by atoms with Gasteiger partial charge in [-0.25, -0.2) is 4.98 Å². The Kier molecular flexibility index (Phi) is 3.21. The average Bonchev–Trinajstić information content (AvgIpc) is 2.57. The topological polar surface area (TPSA) is 76.3 Å². The molecular weight excluding hydrogens is 266 g/mol. The number of anilines is 1. The van der Waals surface area contributed by atoms with Crippen molar-refractivity contribution in [2.24, 2.45) is 0 Å². The fraction of sp³-hybridized carbons (Fsp3) is 0.333. The first kappa shape index (κ1) is 12.1. The third-order valence-corrected chi connectivity index (χ3v) is 2.92. The standard InChI is InChI=1S/C9H8ClN3O3S/c10-5-1-7(13(15)16)9(11-3-5)12-4-6(17)2-8(12)14/h1,3,6,17H,2,4H2. The molecule has 0 radical (unpaired) electrons. The van der Waals surface area contributed by atoms with Crippen molar-refractivity contribution >= 4 is 41.6 Å². The molecule has 0 N–H and O–H groups in total. The fourth-order valence-electron chi connectivity index (χ4n) is 1.66. The molecule has 1 saturated heterocycles. The molecule has 0 saturated carbocycles. The number of hydrogen-bond acceptors (Lipinski definition) is 5. The molecule has 1 unspecified atom stereocenters.